The SMILES string of the molecule is O=C(Cn1nc2cnccn2c1=O)c1sccc1Br. The minimum absolute atomic E-state index is 0.0837. The molecule has 3 aromatic rings. The van der Waals surface area contributed by atoms with Gasteiger partial charge in [-0.25, -0.2) is 13.9 Å². The summed E-state index contributed by atoms with van der Waals surface area (Å²) >= 11 is 4.63. The molecule has 3 aromatic heterocycles. The van der Waals surface area contributed by atoms with Crippen LogP contribution in [0.1, 0.15) is 9.67 Å². The lowest BCUT2D eigenvalue weighted by molar-refractivity contribution is 0.0969. The molecule has 0 saturated carbocycles. The van der Waals surface area contributed by atoms with E-state index in [-0.39, 0.29) is 18.0 Å². The van der Waals surface area contributed by atoms with Crippen LogP contribution in [0.15, 0.2) is 39.3 Å². The van der Waals surface area contributed by atoms with E-state index in [4.69, 9.17) is 0 Å². The van der Waals surface area contributed by atoms with Crippen LogP contribution in [-0.4, -0.2) is 24.9 Å². The van der Waals surface area contributed by atoms with Crippen molar-refractivity contribution in [3.8, 4) is 0 Å². The predicted molar refractivity (Wildman–Crippen MR) is 73.6 cm³/mol. The molecule has 0 N–H and O–H groups in total. The second kappa shape index (κ2) is 4.71. The van der Waals surface area contributed by atoms with Crippen LogP contribution in [0.2, 0.25) is 0 Å². The second-order valence-corrected chi connectivity index (χ2v) is 5.54. The molecule has 0 saturated heterocycles. The van der Waals surface area contributed by atoms with E-state index < -0.39 is 0 Å². The third kappa shape index (κ3) is 2.13. The van der Waals surface area contributed by atoms with Crippen LogP contribution in [0.3, 0.4) is 0 Å². The van der Waals surface area contributed by atoms with E-state index in [0.717, 1.165) is 9.15 Å². The quantitative estimate of drug-likeness (QED) is 0.680. The van der Waals surface area contributed by atoms with Gasteiger partial charge in [0.25, 0.3) is 0 Å². The third-order valence-corrected chi connectivity index (χ3v) is 4.43. The van der Waals surface area contributed by atoms with E-state index in [9.17, 15) is 9.59 Å². The van der Waals surface area contributed by atoms with Crippen molar-refractivity contribution in [3.05, 3.63) is 49.9 Å². The predicted octanol–water partition coefficient (Wildman–Crippen LogP) is 1.60. The molecule has 0 bridgehead atoms. The number of ketones is 1. The molecule has 0 aliphatic heterocycles. The Morgan fingerprint density at radius 2 is 2.32 bits per heavy atom. The Bertz CT molecular complexity index is 819. The van der Waals surface area contributed by atoms with Crippen LogP contribution in [0.5, 0.6) is 0 Å². The maximum absolute atomic E-state index is 12.1. The summed E-state index contributed by atoms with van der Waals surface area (Å²) in [6.07, 6.45) is 4.49. The summed E-state index contributed by atoms with van der Waals surface area (Å²) in [6.45, 7) is -0.0837. The topological polar surface area (TPSA) is 69.3 Å². The molecule has 3 rings (SSSR count). The first kappa shape index (κ1) is 12.2. The van der Waals surface area contributed by atoms with Crippen molar-refractivity contribution >= 4 is 38.7 Å². The van der Waals surface area contributed by atoms with Gasteiger partial charge in [-0.3, -0.25) is 9.78 Å². The Morgan fingerprint density at radius 3 is 3.00 bits per heavy atom. The highest BCUT2D eigenvalue weighted by Gasteiger charge is 2.15. The molecule has 96 valence electrons. The number of Topliss-reactive ketones (excluding diaryl/α,β-unsaturated/α-hetero) is 1. The van der Waals surface area contributed by atoms with Crippen LogP contribution < -0.4 is 5.69 Å². The highest BCUT2D eigenvalue weighted by molar-refractivity contribution is 9.10. The zero-order valence-electron chi connectivity index (χ0n) is 9.49. The molecule has 8 heteroatoms. The van der Waals surface area contributed by atoms with Crippen LogP contribution in [0.25, 0.3) is 5.65 Å². The summed E-state index contributed by atoms with van der Waals surface area (Å²) in [6, 6.07) is 1.80. The van der Waals surface area contributed by atoms with Crippen LogP contribution in [0, 0.1) is 0 Å². The lowest BCUT2D eigenvalue weighted by atomic mass is 10.3. The summed E-state index contributed by atoms with van der Waals surface area (Å²) in [7, 11) is 0. The number of aromatic nitrogens is 4. The molecule has 0 spiro atoms. The minimum Gasteiger partial charge on any atom is -0.291 e. The maximum Gasteiger partial charge on any atom is 0.350 e. The van der Waals surface area contributed by atoms with Crippen molar-refractivity contribution in [2.24, 2.45) is 0 Å². The van der Waals surface area contributed by atoms with Crippen LogP contribution >= 0.6 is 27.3 Å². The van der Waals surface area contributed by atoms with E-state index >= 15 is 0 Å². The van der Waals surface area contributed by atoms with Crippen LogP contribution in [0.4, 0.5) is 0 Å². The van der Waals surface area contributed by atoms with Gasteiger partial charge in [0.15, 0.2) is 11.4 Å². The van der Waals surface area contributed by atoms with Crippen molar-refractivity contribution in [1.29, 1.82) is 0 Å². The lowest BCUT2D eigenvalue weighted by Gasteiger charge is -1.97. The van der Waals surface area contributed by atoms with Crippen molar-refractivity contribution in [3.63, 3.8) is 0 Å². The molecule has 0 radical (unpaired) electrons. The van der Waals surface area contributed by atoms with Gasteiger partial charge < -0.3 is 0 Å². The molecule has 3 heterocycles. The van der Waals surface area contributed by atoms with E-state index in [0.29, 0.717) is 10.5 Å². The molecule has 0 aliphatic rings. The number of fused-ring (bicyclic) bond motifs is 1. The molecular formula is C11H7BrN4O2S. The lowest BCUT2D eigenvalue weighted by Crippen LogP contribution is -2.24. The van der Waals surface area contributed by atoms with Crippen molar-refractivity contribution in [2.45, 2.75) is 6.54 Å². The first-order chi connectivity index (χ1) is 9.16. The summed E-state index contributed by atoms with van der Waals surface area (Å²) in [5.41, 5.74) is 0.0731. The van der Waals surface area contributed by atoms with E-state index in [2.05, 4.69) is 26.0 Å². The zero-order chi connectivity index (χ0) is 13.4. The summed E-state index contributed by atoms with van der Waals surface area (Å²) < 4.78 is 3.23. The summed E-state index contributed by atoms with van der Waals surface area (Å²) in [5.74, 6) is -0.152. The largest absolute Gasteiger partial charge is 0.350 e. The Kier molecular flexibility index (Phi) is 3.03. The monoisotopic (exact) mass is 338 g/mol. The Morgan fingerprint density at radius 1 is 1.47 bits per heavy atom. The average Bonchev–Trinajstić information content (AvgIpc) is 2.95. The molecule has 19 heavy (non-hydrogen) atoms. The van der Waals surface area contributed by atoms with Gasteiger partial charge in [0, 0.05) is 16.9 Å². The number of rotatable bonds is 3. The molecule has 0 fully saturated rings. The standard InChI is InChI=1S/C11H7BrN4O2S/c12-7-1-4-19-10(7)8(17)6-16-11(18)15-3-2-13-5-9(15)14-16/h1-5H,6H2. The first-order valence-electron chi connectivity index (χ1n) is 5.32. The molecule has 0 amide bonds. The average molecular weight is 339 g/mol. The number of hydrogen-bond acceptors (Lipinski definition) is 5. The number of hydrogen-bond donors (Lipinski definition) is 0. The fourth-order valence-corrected chi connectivity index (χ4v) is 3.21. The second-order valence-electron chi connectivity index (χ2n) is 3.77. The van der Waals surface area contributed by atoms with Crippen molar-refractivity contribution in [1.82, 2.24) is 19.2 Å². The Balaban J connectivity index is 1.98. The molecule has 6 nitrogen and oxygen atoms in total. The molecule has 0 aliphatic carbocycles. The third-order valence-electron chi connectivity index (χ3n) is 2.55. The molecular weight excluding hydrogens is 332 g/mol. The van der Waals surface area contributed by atoms with Gasteiger partial charge in [-0.15, -0.1) is 16.4 Å². The van der Waals surface area contributed by atoms with Gasteiger partial charge in [-0.05, 0) is 27.4 Å². The smallest absolute Gasteiger partial charge is 0.291 e. The van der Waals surface area contributed by atoms with E-state index in [1.54, 1.807) is 6.07 Å². The van der Waals surface area contributed by atoms with Gasteiger partial charge in [0.2, 0.25) is 0 Å². The van der Waals surface area contributed by atoms with Crippen molar-refractivity contribution < 1.29 is 4.79 Å². The Labute approximate surface area is 119 Å². The fraction of sp³-hybridized carbons (Fsp3) is 0.0909. The number of carbonyl (C=O) groups is 1. The number of nitrogens with zero attached hydrogens (tertiary/aromatic N) is 4. The number of halogens is 1. The van der Waals surface area contributed by atoms with Gasteiger partial charge >= 0.3 is 5.69 Å². The zero-order valence-corrected chi connectivity index (χ0v) is 11.9. The number of thiophene rings is 1. The van der Waals surface area contributed by atoms with Gasteiger partial charge in [-0.1, -0.05) is 0 Å². The number of carbonyl (C=O) groups excluding carboxylic acids is 1. The molecule has 0 atom stereocenters. The highest BCUT2D eigenvalue weighted by Crippen LogP contribution is 2.23. The molecule has 0 aromatic carbocycles. The van der Waals surface area contributed by atoms with E-state index in [1.807, 2.05) is 5.38 Å². The summed E-state index contributed by atoms with van der Waals surface area (Å²) in [4.78, 5) is 28.5. The minimum atomic E-state index is -0.349. The van der Waals surface area contributed by atoms with E-state index in [1.165, 1.54) is 34.3 Å². The van der Waals surface area contributed by atoms with Crippen LogP contribution in [-0.2, 0) is 6.54 Å². The molecule has 0 unspecified atom stereocenters. The summed E-state index contributed by atoms with van der Waals surface area (Å²) in [5, 5.41) is 5.88. The normalized spacial score (nSPS) is 11.0. The van der Waals surface area contributed by atoms with Crippen molar-refractivity contribution in [2.75, 3.05) is 0 Å². The van der Waals surface area contributed by atoms with Gasteiger partial charge in [0.1, 0.15) is 6.54 Å². The first-order valence-corrected chi connectivity index (χ1v) is 6.99. The van der Waals surface area contributed by atoms with Gasteiger partial charge in [0.05, 0.1) is 11.1 Å². The maximum atomic E-state index is 12.1. The fourth-order valence-electron chi connectivity index (χ4n) is 1.68. The van der Waals surface area contributed by atoms with Gasteiger partial charge in [-0.2, -0.15) is 0 Å². The highest BCUT2D eigenvalue weighted by atomic mass is 79.9. The Hall–Kier alpha value is -1.80.